The van der Waals surface area contributed by atoms with Crippen molar-refractivity contribution in [2.75, 3.05) is 20.1 Å². The van der Waals surface area contributed by atoms with Crippen LogP contribution in [0.2, 0.25) is 0 Å². The average Bonchev–Trinajstić information content (AvgIpc) is 2.31. The van der Waals surface area contributed by atoms with Gasteiger partial charge in [-0.1, -0.05) is 0 Å². The fraction of sp³-hybridized carbons (Fsp3) is 0.667. The summed E-state index contributed by atoms with van der Waals surface area (Å²) in [5.74, 6) is 0. The van der Waals surface area contributed by atoms with E-state index in [-0.39, 0.29) is 0 Å². The van der Waals surface area contributed by atoms with Gasteiger partial charge in [-0.3, -0.25) is 0 Å². The first-order valence-electron chi connectivity index (χ1n) is 4.39. The number of likely N-dealkylation sites (N-methyl/N-ethyl adjacent to an activating group) is 1. The van der Waals surface area contributed by atoms with Crippen LogP contribution < -0.4 is 0 Å². The number of fused-ring (bicyclic) bond motifs is 1. The van der Waals surface area contributed by atoms with Gasteiger partial charge in [-0.25, -0.2) is 4.98 Å². The van der Waals surface area contributed by atoms with Crippen LogP contribution >= 0.6 is 11.3 Å². The van der Waals surface area contributed by atoms with E-state index in [1.807, 2.05) is 11.3 Å². The van der Waals surface area contributed by atoms with Crippen LogP contribution in [0.4, 0.5) is 0 Å². The molecule has 2 heterocycles. The van der Waals surface area contributed by atoms with Gasteiger partial charge in [-0.2, -0.15) is 0 Å². The van der Waals surface area contributed by atoms with Crippen molar-refractivity contribution in [2.45, 2.75) is 19.8 Å². The number of aromatic nitrogens is 1. The Balaban J connectivity index is 2.24. The predicted octanol–water partition coefficient (Wildman–Crippen LogP) is 1.48. The van der Waals surface area contributed by atoms with Crippen LogP contribution in [0.25, 0.3) is 0 Å². The second-order valence-electron chi connectivity index (χ2n) is 3.41. The minimum absolute atomic E-state index is 1.14. The Morgan fingerprint density at radius 1 is 1.33 bits per heavy atom. The second-order valence-corrected chi connectivity index (χ2v) is 4.69. The first-order valence-corrected chi connectivity index (χ1v) is 5.21. The van der Waals surface area contributed by atoms with Crippen molar-refractivity contribution in [3.8, 4) is 0 Å². The van der Waals surface area contributed by atoms with Crippen LogP contribution in [0.5, 0.6) is 0 Å². The van der Waals surface area contributed by atoms with Gasteiger partial charge in [0.1, 0.15) is 0 Å². The number of rotatable bonds is 0. The van der Waals surface area contributed by atoms with Crippen LogP contribution in [-0.2, 0) is 12.8 Å². The molecule has 0 saturated carbocycles. The van der Waals surface area contributed by atoms with E-state index >= 15 is 0 Å². The highest BCUT2D eigenvalue weighted by Gasteiger charge is 2.14. The zero-order valence-electron chi connectivity index (χ0n) is 7.63. The topological polar surface area (TPSA) is 16.1 Å². The van der Waals surface area contributed by atoms with Crippen molar-refractivity contribution >= 4 is 11.3 Å². The zero-order chi connectivity index (χ0) is 8.55. The fourth-order valence-corrected chi connectivity index (χ4v) is 2.58. The molecule has 2 nitrogen and oxygen atoms in total. The Bertz CT molecular complexity index is 255. The van der Waals surface area contributed by atoms with E-state index < -0.39 is 0 Å². The SMILES string of the molecule is Cc1nc2c(s1)CCN(C)CC2. The number of aryl methyl sites for hydroxylation is 1. The second kappa shape index (κ2) is 3.15. The molecular weight excluding hydrogens is 168 g/mol. The fourth-order valence-electron chi connectivity index (χ4n) is 1.60. The maximum atomic E-state index is 4.54. The molecule has 0 aromatic carbocycles. The first-order chi connectivity index (χ1) is 5.75. The van der Waals surface area contributed by atoms with Gasteiger partial charge < -0.3 is 4.90 Å². The normalized spacial score (nSPS) is 18.8. The third-order valence-corrected chi connectivity index (χ3v) is 3.41. The molecule has 0 radical (unpaired) electrons. The van der Waals surface area contributed by atoms with Gasteiger partial charge in [-0.15, -0.1) is 11.3 Å². The largest absolute Gasteiger partial charge is 0.306 e. The predicted molar refractivity (Wildman–Crippen MR) is 51.8 cm³/mol. The molecule has 66 valence electrons. The molecule has 0 amide bonds. The minimum Gasteiger partial charge on any atom is -0.306 e. The van der Waals surface area contributed by atoms with Gasteiger partial charge in [0.2, 0.25) is 0 Å². The van der Waals surface area contributed by atoms with E-state index in [0.717, 1.165) is 13.0 Å². The molecule has 0 atom stereocenters. The summed E-state index contributed by atoms with van der Waals surface area (Å²) in [7, 11) is 2.18. The van der Waals surface area contributed by atoms with Crippen molar-refractivity contribution in [1.82, 2.24) is 9.88 Å². The Hall–Kier alpha value is -0.410. The third kappa shape index (κ3) is 1.52. The molecular formula is C9H14N2S. The van der Waals surface area contributed by atoms with Crippen molar-refractivity contribution in [1.29, 1.82) is 0 Å². The quantitative estimate of drug-likeness (QED) is 0.604. The van der Waals surface area contributed by atoms with Crippen LogP contribution in [0, 0.1) is 6.92 Å². The van der Waals surface area contributed by atoms with Gasteiger partial charge in [0.05, 0.1) is 10.7 Å². The minimum atomic E-state index is 1.14. The smallest absolute Gasteiger partial charge is 0.0900 e. The van der Waals surface area contributed by atoms with E-state index in [0.29, 0.717) is 0 Å². The Labute approximate surface area is 77.2 Å². The highest BCUT2D eigenvalue weighted by atomic mass is 32.1. The standard InChI is InChI=1S/C9H14N2S/c1-7-10-8-3-5-11(2)6-4-9(8)12-7/h3-6H2,1-2H3. The van der Waals surface area contributed by atoms with Gasteiger partial charge in [0.15, 0.2) is 0 Å². The molecule has 0 fully saturated rings. The molecule has 1 aromatic heterocycles. The summed E-state index contributed by atoms with van der Waals surface area (Å²) in [6.07, 6.45) is 2.33. The molecule has 2 rings (SSSR count). The van der Waals surface area contributed by atoms with Crippen molar-refractivity contribution in [2.24, 2.45) is 0 Å². The van der Waals surface area contributed by atoms with Gasteiger partial charge in [0.25, 0.3) is 0 Å². The molecule has 0 bridgehead atoms. The maximum absolute atomic E-state index is 4.54. The molecule has 1 aliphatic rings. The maximum Gasteiger partial charge on any atom is 0.0900 e. The lowest BCUT2D eigenvalue weighted by molar-refractivity contribution is 0.352. The highest BCUT2D eigenvalue weighted by Crippen LogP contribution is 2.21. The summed E-state index contributed by atoms with van der Waals surface area (Å²) < 4.78 is 0. The van der Waals surface area contributed by atoms with Crippen LogP contribution in [-0.4, -0.2) is 30.0 Å². The summed E-state index contributed by atoms with van der Waals surface area (Å²) in [5, 5.41) is 1.23. The molecule has 0 unspecified atom stereocenters. The molecule has 1 aliphatic heterocycles. The number of hydrogen-bond acceptors (Lipinski definition) is 3. The summed E-state index contributed by atoms with van der Waals surface area (Å²) >= 11 is 1.87. The zero-order valence-corrected chi connectivity index (χ0v) is 8.45. The van der Waals surface area contributed by atoms with Crippen LogP contribution in [0.1, 0.15) is 15.6 Å². The Morgan fingerprint density at radius 2 is 2.08 bits per heavy atom. The van der Waals surface area contributed by atoms with E-state index in [9.17, 15) is 0 Å². The van der Waals surface area contributed by atoms with Crippen LogP contribution in [0.3, 0.4) is 0 Å². The lowest BCUT2D eigenvalue weighted by Gasteiger charge is -2.10. The van der Waals surface area contributed by atoms with Crippen molar-refractivity contribution in [3.63, 3.8) is 0 Å². The third-order valence-electron chi connectivity index (χ3n) is 2.34. The molecule has 0 saturated heterocycles. The van der Waals surface area contributed by atoms with E-state index in [2.05, 4.69) is 23.9 Å². The van der Waals surface area contributed by atoms with E-state index in [1.54, 1.807) is 0 Å². The average molecular weight is 182 g/mol. The molecule has 12 heavy (non-hydrogen) atoms. The van der Waals surface area contributed by atoms with Crippen LogP contribution in [0.15, 0.2) is 0 Å². The highest BCUT2D eigenvalue weighted by molar-refractivity contribution is 7.11. The Kier molecular flexibility index (Phi) is 2.15. The molecule has 0 spiro atoms. The molecule has 0 aliphatic carbocycles. The van der Waals surface area contributed by atoms with Gasteiger partial charge >= 0.3 is 0 Å². The summed E-state index contributed by atoms with van der Waals surface area (Å²) in [6, 6.07) is 0. The summed E-state index contributed by atoms with van der Waals surface area (Å²) in [4.78, 5) is 8.43. The summed E-state index contributed by atoms with van der Waals surface area (Å²) in [6.45, 7) is 4.45. The first kappa shape index (κ1) is 8.20. The number of hydrogen-bond donors (Lipinski definition) is 0. The van der Waals surface area contributed by atoms with Crippen molar-refractivity contribution < 1.29 is 0 Å². The summed E-state index contributed by atoms with van der Waals surface area (Å²) in [5.41, 5.74) is 1.35. The van der Waals surface area contributed by atoms with Crippen molar-refractivity contribution in [3.05, 3.63) is 15.6 Å². The van der Waals surface area contributed by atoms with Gasteiger partial charge in [-0.05, 0) is 20.4 Å². The van der Waals surface area contributed by atoms with E-state index in [4.69, 9.17) is 0 Å². The molecule has 3 heteroatoms. The number of nitrogens with zero attached hydrogens (tertiary/aromatic N) is 2. The monoisotopic (exact) mass is 182 g/mol. The molecule has 1 aromatic rings. The lowest BCUT2D eigenvalue weighted by Crippen LogP contribution is -2.20. The Morgan fingerprint density at radius 3 is 2.92 bits per heavy atom. The van der Waals surface area contributed by atoms with E-state index in [1.165, 1.54) is 28.5 Å². The van der Waals surface area contributed by atoms with Gasteiger partial charge in [0, 0.05) is 24.4 Å². The molecule has 0 N–H and O–H groups in total. The lowest BCUT2D eigenvalue weighted by atomic mass is 10.2. The number of thiazole rings is 1.